The van der Waals surface area contributed by atoms with Crippen molar-refractivity contribution >= 4 is 5.78 Å². The highest BCUT2D eigenvalue weighted by Gasteiger charge is 1.90. The van der Waals surface area contributed by atoms with Crippen molar-refractivity contribution in [3.8, 4) is 0 Å². The van der Waals surface area contributed by atoms with Crippen molar-refractivity contribution in [2.45, 2.75) is 33.1 Å². The van der Waals surface area contributed by atoms with E-state index in [9.17, 15) is 4.79 Å². The van der Waals surface area contributed by atoms with Crippen LogP contribution in [0.2, 0.25) is 0 Å². The fraction of sp³-hybridized carbons (Fsp3) is 0.625. The lowest BCUT2D eigenvalue weighted by Gasteiger charge is -1.91. The molecule has 0 rings (SSSR count). The normalized spacial score (nSPS) is 11.6. The first-order valence-corrected chi connectivity index (χ1v) is 3.48. The summed E-state index contributed by atoms with van der Waals surface area (Å²) in [7, 11) is 0. The lowest BCUT2D eigenvalue weighted by atomic mass is 10.2. The second-order valence-corrected chi connectivity index (χ2v) is 2.44. The maximum atomic E-state index is 10.4. The van der Waals surface area contributed by atoms with E-state index < -0.39 is 0 Å². The molecule has 0 aromatic carbocycles. The number of rotatable bonds is 4. The molecule has 0 aliphatic heterocycles. The molecule has 0 aliphatic carbocycles. The van der Waals surface area contributed by atoms with Crippen LogP contribution in [0, 0.1) is 0 Å². The average Bonchev–Trinajstić information content (AvgIpc) is 1.79. The van der Waals surface area contributed by atoms with E-state index in [1.54, 1.807) is 19.9 Å². The van der Waals surface area contributed by atoms with Crippen molar-refractivity contribution in [2.75, 3.05) is 0 Å². The molecule has 10 heavy (non-hydrogen) atoms. The molecule has 2 heteroatoms. The van der Waals surface area contributed by atoms with Gasteiger partial charge >= 0.3 is 0 Å². The fourth-order valence-electron chi connectivity index (χ4n) is 0.662. The molecule has 0 bridgehead atoms. The van der Waals surface area contributed by atoms with Gasteiger partial charge in [0, 0.05) is 6.42 Å². The molecule has 0 unspecified atom stereocenters. The summed E-state index contributed by atoms with van der Waals surface area (Å²) in [4.78, 5) is 10.4. The van der Waals surface area contributed by atoms with E-state index in [0.717, 1.165) is 12.8 Å². The van der Waals surface area contributed by atoms with Crippen LogP contribution in [-0.2, 0) is 4.79 Å². The molecule has 0 amide bonds. The van der Waals surface area contributed by atoms with Gasteiger partial charge in [-0.1, -0.05) is 0 Å². The molecule has 0 saturated carbocycles. The highest BCUT2D eigenvalue weighted by Crippen LogP contribution is 1.99. The van der Waals surface area contributed by atoms with Crippen LogP contribution >= 0.6 is 0 Å². The average molecular weight is 142 g/mol. The molecule has 0 aromatic rings. The summed E-state index contributed by atoms with van der Waals surface area (Å²) in [5.41, 5.74) is 0. The van der Waals surface area contributed by atoms with Crippen LogP contribution < -0.4 is 0 Å². The van der Waals surface area contributed by atoms with Gasteiger partial charge in [-0.15, -0.1) is 0 Å². The molecule has 58 valence electrons. The van der Waals surface area contributed by atoms with Gasteiger partial charge in [0.05, 0.1) is 5.76 Å². The van der Waals surface area contributed by atoms with Crippen LogP contribution in [0.1, 0.15) is 33.1 Å². The zero-order valence-electron chi connectivity index (χ0n) is 6.55. The molecule has 0 aromatic heterocycles. The van der Waals surface area contributed by atoms with Crippen molar-refractivity contribution in [2.24, 2.45) is 0 Å². The van der Waals surface area contributed by atoms with Crippen molar-refractivity contribution < 1.29 is 9.90 Å². The molecule has 0 aliphatic rings. The highest BCUT2D eigenvalue weighted by molar-refractivity contribution is 5.75. The van der Waals surface area contributed by atoms with Crippen molar-refractivity contribution in [1.29, 1.82) is 0 Å². The van der Waals surface area contributed by atoms with Gasteiger partial charge in [-0.3, -0.25) is 0 Å². The van der Waals surface area contributed by atoms with Crippen LogP contribution in [-0.4, -0.2) is 10.9 Å². The highest BCUT2D eigenvalue weighted by atomic mass is 16.3. The van der Waals surface area contributed by atoms with E-state index in [4.69, 9.17) is 5.11 Å². The molecule has 1 N–H and O–H groups in total. The number of hydrogen-bond acceptors (Lipinski definition) is 2. The minimum absolute atomic E-state index is 0.212. The molecule has 0 spiro atoms. The van der Waals surface area contributed by atoms with Gasteiger partial charge in [0.15, 0.2) is 0 Å². The lowest BCUT2D eigenvalue weighted by molar-refractivity contribution is -0.117. The molecular formula is C8H14O2. The largest absolute Gasteiger partial charge is 0.513 e. The van der Waals surface area contributed by atoms with Crippen molar-refractivity contribution in [3.63, 3.8) is 0 Å². The monoisotopic (exact) mass is 142 g/mol. The predicted octanol–water partition coefficient (Wildman–Crippen LogP) is 2.21. The first-order valence-electron chi connectivity index (χ1n) is 3.48. The van der Waals surface area contributed by atoms with E-state index in [1.807, 2.05) is 0 Å². The summed E-state index contributed by atoms with van der Waals surface area (Å²) >= 11 is 0. The Labute approximate surface area is 61.6 Å². The third-order valence-electron chi connectivity index (χ3n) is 1.17. The fourth-order valence-corrected chi connectivity index (χ4v) is 0.662. The second-order valence-electron chi connectivity index (χ2n) is 2.44. The summed E-state index contributed by atoms with van der Waals surface area (Å²) in [5.74, 6) is 0.549. The number of aliphatic hydroxyl groups excluding tert-OH is 1. The molecule has 0 radical (unpaired) electrons. The van der Waals surface area contributed by atoms with Crippen LogP contribution in [0.5, 0.6) is 0 Å². The Morgan fingerprint density at radius 2 is 2.10 bits per heavy atom. The molecular weight excluding hydrogens is 128 g/mol. The summed E-state index contributed by atoms with van der Waals surface area (Å²) in [6, 6.07) is 0. The van der Waals surface area contributed by atoms with Gasteiger partial charge in [-0.2, -0.15) is 0 Å². The van der Waals surface area contributed by atoms with E-state index in [-0.39, 0.29) is 5.78 Å². The summed E-state index contributed by atoms with van der Waals surface area (Å²) in [5, 5.41) is 8.69. The van der Waals surface area contributed by atoms with Crippen molar-refractivity contribution in [1.82, 2.24) is 0 Å². The molecule has 0 atom stereocenters. The number of aliphatic hydroxyl groups is 1. The number of unbranched alkanes of at least 4 members (excludes halogenated alkanes) is 1. The van der Waals surface area contributed by atoms with Crippen molar-refractivity contribution in [3.05, 3.63) is 11.8 Å². The van der Waals surface area contributed by atoms with Crippen LogP contribution in [0.3, 0.4) is 0 Å². The summed E-state index contributed by atoms with van der Waals surface area (Å²) < 4.78 is 0. The number of ketones is 1. The van der Waals surface area contributed by atoms with E-state index in [0.29, 0.717) is 12.2 Å². The summed E-state index contributed by atoms with van der Waals surface area (Å²) in [6.07, 6.45) is 3.97. The zero-order valence-corrected chi connectivity index (χ0v) is 6.55. The maximum absolute atomic E-state index is 10.4. The van der Waals surface area contributed by atoms with Gasteiger partial charge in [0.1, 0.15) is 5.78 Å². The zero-order chi connectivity index (χ0) is 7.98. The standard InChI is InChI=1S/C8H14O2/c1-7(9)5-3-4-6-8(2)10/h5,9H,3-4,6H2,1-2H3. The Morgan fingerprint density at radius 3 is 2.50 bits per heavy atom. The lowest BCUT2D eigenvalue weighted by Crippen LogP contribution is -1.87. The number of carbonyl (C=O) groups excluding carboxylic acids is 1. The summed E-state index contributed by atoms with van der Waals surface area (Å²) in [6.45, 7) is 3.21. The predicted molar refractivity (Wildman–Crippen MR) is 40.9 cm³/mol. The van der Waals surface area contributed by atoms with Gasteiger partial charge in [0.25, 0.3) is 0 Å². The van der Waals surface area contributed by atoms with Gasteiger partial charge < -0.3 is 9.90 Å². The molecule has 0 heterocycles. The number of carbonyl (C=O) groups is 1. The van der Waals surface area contributed by atoms with Gasteiger partial charge in [0.2, 0.25) is 0 Å². The molecule has 0 saturated heterocycles. The Balaban J connectivity index is 3.21. The van der Waals surface area contributed by atoms with E-state index >= 15 is 0 Å². The first kappa shape index (κ1) is 9.21. The Kier molecular flexibility index (Phi) is 4.63. The van der Waals surface area contributed by atoms with E-state index in [2.05, 4.69) is 0 Å². The van der Waals surface area contributed by atoms with Crippen LogP contribution in [0.25, 0.3) is 0 Å². The van der Waals surface area contributed by atoms with Gasteiger partial charge in [-0.05, 0) is 32.8 Å². The third-order valence-corrected chi connectivity index (χ3v) is 1.17. The topological polar surface area (TPSA) is 37.3 Å². The minimum atomic E-state index is 0.212. The SMILES string of the molecule is CC(=O)CCCC=C(C)O. The van der Waals surface area contributed by atoms with Crippen LogP contribution in [0.15, 0.2) is 11.8 Å². The second kappa shape index (κ2) is 5.03. The van der Waals surface area contributed by atoms with E-state index in [1.165, 1.54) is 0 Å². The molecule has 0 fully saturated rings. The number of Topliss-reactive ketones (excluding diaryl/α,β-unsaturated/α-hetero) is 1. The minimum Gasteiger partial charge on any atom is -0.513 e. The maximum Gasteiger partial charge on any atom is 0.129 e. The quantitative estimate of drug-likeness (QED) is 0.482. The van der Waals surface area contributed by atoms with Gasteiger partial charge in [-0.25, -0.2) is 0 Å². The first-order chi connectivity index (χ1) is 4.63. The molecule has 2 nitrogen and oxygen atoms in total. The number of allylic oxidation sites excluding steroid dienone is 2. The Hall–Kier alpha value is -0.790. The third kappa shape index (κ3) is 7.21. The number of hydrogen-bond donors (Lipinski definition) is 1. The Bertz CT molecular complexity index is 132. The Morgan fingerprint density at radius 1 is 1.50 bits per heavy atom. The van der Waals surface area contributed by atoms with Crippen LogP contribution in [0.4, 0.5) is 0 Å². The smallest absolute Gasteiger partial charge is 0.129 e.